The summed E-state index contributed by atoms with van der Waals surface area (Å²) in [6.45, 7) is 2.31. The molecule has 4 rings (SSSR count). The lowest BCUT2D eigenvalue weighted by atomic mass is 9.98. The molecule has 1 aliphatic heterocycles. The normalized spacial score (nSPS) is 17.1. The Morgan fingerprint density at radius 3 is 2.43 bits per heavy atom. The smallest absolute Gasteiger partial charge is 0.350 e. The molecule has 0 aromatic heterocycles. The summed E-state index contributed by atoms with van der Waals surface area (Å²) in [5, 5.41) is 4.39. The molecule has 3 aromatic rings. The SMILES string of the molecule is C[C@H]1CN(C(=O)c2ccc3cc(-c4cccc(C(F)(F)F)c4)ccc3c2)CC(=O)N1. The molecule has 0 radical (unpaired) electrons. The van der Waals surface area contributed by atoms with Crippen LogP contribution in [0.4, 0.5) is 13.2 Å². The first kappa shape index (κ1) is 19.9. The fourth-order valence-corrected chi connectivity index (χ4v) is 3.71. The third-order valence-electron chi connectivity index (χ3n) is 5.13. The van der Waals surface area contributed by atoms with Crippen LogP contribution in [0.25, 0.3) is 21.9 Å². The van der Waals surface area contributed by atoms with Crippen molar-refractivity contribution in [2.24, 2.45) is 0 Å². The van der Waals surface area contributed by atoms with Crippen molar-refractivity contribution < 1.29 is 22.8 Å². The van der Waals surface area contributed by atoms with E-state index < -0.39 is 11.7 Å². The lowest BCUT2D eigenvalue weighted by Crippen LogP contribution is -2.54. The van der Waals surface area contributed by atoms with E-state index in [-0.39, 0.29) is 24.4 Å². The second-order valence-electron chi connectivity index (χ2n) is 7.51. The van der Waals surface area contributed by atoms with Gasteiger partial charge in [0.15, 0.2) is 0 Å². The van der Waals surface area contributed by atoms with Gasteiger partial charge in [-0.05, 0) is 59.2 Å². The number of rotatable bonds is 2. The third kappa shape index (κ3) is 4.01. The van der Waals surface area contributed by atoms with Crippen molar-refractivity contribution in [1.82, 2.24) is 10.2 Å². The molecule has 4 nitrogen and oxygen atoms in total. The Kier molecular flexibility index (Phi) is 4.97. The number of carbonyl (C=O) groups excluding carboxylic acids is 2. The van der Waals surface area contributed by atoms with E-state index >= 15 is 0 Å². The van der Waals surface area contributed by atoms with Gasteiger partial charge in [-0.15, -0.1) is 0 Å². The number of benzene rings is 3. The molecule has 7 heteroatoms. The first-order valence-corrected chi connectivity index (χ1v) is 9.51. The summed E-state index contributed by atoms with van der Waals surface area (Å²) in [6.07, 6.45) is -4.40. The Labute approximate surface area is 171 Å². The summed E-state index contributed by atoms with van der Waals surface area (Å²) in [7, 11) is 0. The number of amides is 2. The summed E-state index contributed by atoms with van der Waals surface area (Å²) >= 11 is 0. The molecule has 1 N–H and O–H groups in total. The molecule has 0 saturated carbocycles. The minimum absolute atomic E-state index is 0.0235. The van der Waals surface area contributed by atoms with Crippen LogP contribution >= 0.6 is 0 Å². The highest BCUT2D eigenvalue weighted by molar-refractivity contribution is 6.01. The summed E-state index contributed by atoms with van der Waals surface area (Å²) < 4.78 is 39.0. The van der Waals surface area contributed by atoms with E-state index in [0.717, 1.165) is 22.9 Å². The third-order valence-corrected chi connectivity index (χ3v) is 5.13. The van der Waals surface area contributed by atoms with Gasteiger partial charge in [0.2, 0.25) is 5.91 Å². The predicted molar refractivity (Wildman–Crippen MR) is 108 cm³/mol. The van der Waals surface area contributed by atoms with Gasteiger partial charge in [-0.2, -0.15) is 13.2 Å². The monoisotopic (exact) mass is 412 g/mol. The highest BCUT2D eigenvalue weighted by Crippen LogP contribution is 2.33. The molecule has 154 valence electrons. The number of nitrogens with zero attached hydrogens (tertiary/aromatic N) is 1. The molecule has 0 aliphatic carbocycles. The number of hydrogen-bond donors (Lipinski definition) is 1. The fraction of sp³-hybridized carbons (Fsp3) is 0.217. The molecule has 3 aromatic carbocycles. The summed E-state index contributed by atoms with van der Waals surface area (Å²) in [4.78, 5) is 26.0. The van der Waals surface area contributed by atoms with Crippen molar-refractivity contribution in [3.8, 4) is 11.1 Å². The van der Waals surface area contributed by atoms with Gasteiger partial charge >= 0.3 is 6.18 Å². The fourth-order valence-electron chi connectivity index (χ4n) is 3.71. The van der Waals surface area contributed by atoms with E-state index in [2.05, 4.69) is 5.32 Å². The van der Waals surface area contributed by atoms with Gasteiger partial charge in [0.05, 0.1) is 12.1 Å². The van der Waals surface area contributed by atoms with Crippen LogP contribution in [0.1, 0.15) is 22.8 Å². The molecule has 1 aliphatic rings. The molecular weight excluding hydrogens is 393 g/mol. The van der Waals surface area contributed by atoms with Crippen LogP contribution in [-0.4, -0.2) is 35.8 Å². The zero-order valence-corrected chi connectivity index (χ0v) is 16.2. The van der Waals surface area contributed by atoms with Gasteiger partial charge in [0, 0.05) is 18.2 Å². The average Bonchev–Trinajstić information content (AvgIpc) is 2.71. The molecule has 1 saturated heterocycles. The average molecular weight is 412 g/mol. The Balaban J connectivity index is 1.63. The van der Waals surface area contributed by atoms with E-state index in [9.17, 15) is 22.8 Å². The van der Waals surface area contributed by atoms with Crippen LogP contribution in [0.2, 0.25) is 0 Å². The molecular formula is C23H19F3N2O2. The first-order chi connectivity index (χ1) is 14.2. The number of nitrogens with one attached hydrogen (secondary N) is 1. The largest absolute Gasteiger partial charge is 0.416 e. The summed E-state index contributed by atoms with van der Waals surface area (Å²) in [5.74, 6) is -0.408. The maximum atomic E-state index is 13.0. The van der Waals surface area contributed by atoms with Crippen LogP contribution in [-0.2, 0) is 11.0 Å². The van der Waals surface area contributed by atoms with E-state index in [1.165, 1.54) is 11.0 Å². The van der Waals surface area contributed by atoms with Crippen molar-refractivity contribution in [1.29, 1.82) is 0 Å². The lowest BCUT2D eigenvalue weighted by Gasteiger charge is -2.31. The highest BCUT2D eigenvalue weighted by Gasteiger charge is 2.30. The molecule has 1 fully saturated rings. The summed E-state index contributed by atoms with van der Waals surface area (Å²) in [5.41, 5.74) is 0.909. The van der Waals surface area contributed by atoms with Crippen LogP contribution in [0.3, 0.4) is 0 Å². The molecule has 0 spiro atoms. The highest BCUT2D eigenvalue weighted by atomic mass is 19.4. The molecule has 30 heavy (non-hydrogen) atoms. The van der Waals surface area contributed by atoms with E-state index in [0.29, 0.717) is 23.2 Å². The van der Waals surface area contributed by atoms with Gasteiger partial charge in [0.25, 0.3) is 5.91 Å². The van der Waals surface area contributed by atoms with Gasteiger partial charge in [-0.3, -0.25) is 9.59 Å². The molecule has 0 unspecified atom stereocenters. The Morgan fingerprint density at radius 1 is 1.00 bits per heavy atom. The number of halogens is 3. The quantitative estimate of drug-likeness (QED) is 0.675. The van der Waals surface area contributed by atoms with Gasteiger partial charge < -0.3 is 10.2 Å². The molecule has 2 amide bonds. The van der Waals surface area contributed by atoms with Crippen molar-refractivity contribution in [2.75, 3.05) is 13.1 Å². The van der Waals surface area contributed by atoms with E-state index in [4.69, 9.17) is 0 Å². The number of carbonyl (C=O) groups is 2. The van der Waals surface area contributed by atoms with Crippen molar-refractivity contribution >= 4 is 22.6 Å². The standard InChI is InChI=1S/C23H19F3N2O2/c1-14-12-28(13-21(29)27-14)22(30)19-8-7-17-9-16(5-6-18(17)10-19)15-3-2-4-20(11-15)23(24,25)26/h2-11,14H,12-13H2,1H3,(H,27,29)/t14-/m0/s1. The second-order valence-corrected chi connectivity index (χ2v) is 7.51. The molecule has 0 bridgehead atoms. The molecule has 1 heterocycles. The van der Waals surface area contributed by atoms with Gasteiger partial charge in [-0.1, -0.05) is 30.3 Å². The number of alkyl halides is 3. The number of piperazine rings is 1. The molecule has 1 atom stereocenters. The maximum Gasteiger partial charge on any atom is 0.416 e. The van der Waals surface area contributed by atoms with Crippen LogP contribution in [0.15, 0.2) is 60.7 Å². The van der Waals surface area contributed by atoms with Gasteiger partial charge in [-0.25, -0.2) is 0 Å². The summed E-state index contributed by atoms with van der Waals surface area (Å²) in [6, 6.07) is 15.6. The van der Waals surface area contributed by atoms with Crippen molar-refractivity contribution in [3.63, 3.8) is 0 Å². The van der Waals surface area contributed by atoms with Crippen molar-refractivity contribution in [3.05, 3.63) is 71.8 Å². The maximum absolute atomic E-state index is 13.0. The lowest BCUT2D eigenvalue weighted by molar-refractivity contribution is -0.137. The number of hydrogen-bond acceptors (Lipinski definition) is 2. The zero-order valence-electron chi connectivity index (χ0n) is 16.2. The predicted octanol–water partition coefficient (Wildman–Crippen LogP) is 4.49. The minimum atomic E-state index is -4.40. The van der Waals surface area contributed by atoms with Crippen LogP contribution < -0.4 is 5.32 Å². The zero-order chi connectivity index (χ0) is 21.5. The second kappa shape index (κ2) is 7.48. The van der Waals surface area contributed by atoms with Crippen LogP contribution in [0, 0.1) is 0 Å². The Morgan fingerprint density at radius 2 is 1.70 bits per heavy atom. The van der Waals surface area contributed by atoms with Gasteiger partial charge in [0.1, 0.15) is 0 Å². The van der Waals surface area contributed by atoms with E-state index in [1.807, 2.05) is 6.92 Å². The van der Waals surface area contributed by atoms with Crippen molar-refractivity contribution in [2.45, 2.75) is 19.1 Å². The van der Waals surface area contributed by atoms with E-state index in [1.54, 1.807) is 42.5 Å². The Hall–Kier alpha value is -3.35. The number of fused-ring (bicyclic) bond motifs is 1. The minimum Gasteiger partial charge on any atom is -0.350 e. The Bertz CT molecular complexity index is 1140. The van der Waals surface area contributed by atoms with Crippen LogP contribution in [0.5, 0.6) is 0 Å². The topological polar surface area (TPSA) is 49.4 Å². The first-order valence-electron chi connectivity index (χ1n) is 9.51.